The van der Waals surface area contributed by atoms with Crippen molar-refractivity contribution in [1.29, 1.82) is 0 Å². The lowest BCUT2D eigenvalue weighted by Crippen LogP contribution is -2.54. The molecule has 1 aliphatic heterocycles. The molecule has 1 heterocycles. The molecule has 0 radical (unpaired) electrons. The van der Waals surface area contributed by atoms with Gasteiger partial charge in [-0.15, -0.1) is 0 Å². The summed E-state index contributed by atoms with van der Waals surface area (Å²) in [7, 11) is 0. The third-order valence-electron chi connectivity index (χ3n) is 4.13. The average Bonchev–Trinajstić information content (AvgIpc) is 2.58. The van der Waals surface area contributed by atoms with Crippen LogP contribution in [0, 0.1) is 10.1 Å². The van der Waals surface area contributed by atoms with Crippen LogP contribution in [0.2, 0.25) is 0 Å². The first-order chi connectivity index (χ1) is 13.3. The van der Waals surface area contributed by atoms with E-state index < -0.39 is 34.4 Å². The number of hydrogen-bond donors (Lipinski definition) is 0. The van der Waals surface area contributed by atoms with Crippen LogP contribution < -0.4 is 0 Å². The van der Waals surface area contributed by atoms with E-state index in [1.807, 2.05) is 0 Å². The second kappa shape index (κ2) is 8.26. The predicted octanol–water partition coefficient (Wildman–Crippen LogP) is 4.12. The summed E-state index contributed by atoms with van der Waals surface area (Å²) in [6.45, 7) is 11.3. The maximum atomic E-state index is 12.8. The van der Waals surface area contributed by atoms with Gasteiger partial charge in [0.25, 0.3) is 5.69 Å². The Morgan fingerprint density at radius 3 is 2.17 bits per heavy atom. The highest BCUT2D eigenvalue weighted by atomic mass is 16.6. The normalized spacial score (nSPS) is 17.7. The second-order valence-corrected chi connectivity index (χ2v) is 8.97. The Kier molecular flexibility index (Phi) is 6.40. The molecule has 0 aliphatic carbocycles. The summed E-state index contributed by atoms with van der Waals surface area (Å²) < 4.78 is 10.9. The van der Waals surface area contributed by atoms with E-state index >= 15 is 0 Å². The first kappa shape index (κ1) is 22.4. The first-order valence-corrected chi connectivity index (χ1v) is 9.49. The lowest BCUT2D eigenvalue weighted by Gasteiger charge is -2.42. The van der Waals surface area contributed by atoms with Crippen LogP contribution in [-0.2, 0) is 9.47 Å². The summed E-state index contributed by atoms with van der Waals surface area (Å²) in [5.74, 6) is 0. The number of carbonyl (C=O) groups is 2. The lowest BCUT2D eigenvalue weighted by atomic mass is 10.0. The average molecular weight is 407 g/mol. The van der Waals surface area contributed by atoms with Gasteiger partial charge in [0.05, 0.1) is 11.0 Å². The van der Waals surface area contributed by atoms with Crippen molar-refractivity contribution in [2.75, 3.05) is 19.6 Å². The van der Waals surface area contributed by atoms with Crippen LogP contribution in [0.3, 0.4) is 0 Å². The van der Waals surface area contributed by atoms with Crippen LogP contribution in [0.15, 0.2) is 24.3 Å². The monoisotopic (exact) mass is 407 g/mol. The van der Waals surface area contributed by atoms with E-state index in [9.17, 15) is 19.7 Å². The molecule has 1 aliphatic rings. The second-order valence-electron chi connectivity index (χ2n) is 8.97. The van der Waals surface area contributed by atoms with Crippen molar-refractivity contribution in [3.63, 3.8) is 0 Å². The van der Waals surface area contributed by atoms with Gasteiger partial charge in [0, 0.05) is 31.8 Å². The molecule has 2 rings (SSSR count). The van der Waals surface area contributed by atoms with Crippen LogP contribution in [0.25, 0.3) is 0 Å². The van der Waals surface area contributed by atoms with Crippen LogP contribution in [0.5, 0.6) is 0 Å². The molecule has 0 bridgehead atoms. The topological polar surface area (TPSA) is 102 Å². The fourth-order valence-corrected chi connectivity index (χ4v) is 2.95. The number of nitro benzene ring substituents is 1. The van der Waals surface area contributed by atoms with Gasteiger partial charge in [-0.2, -0.15) is 0 Å². The zero-order valence-corrected chi connectivity index (χ0v) is 17.8. The molecular formula is C20H29N3O6. The zero-order chi connectivity index (χ0) is 22.0. The molecule has 1 fully saturated rings. The Hall–Kier alpha value is -2.84. The molecule has 0 N–H and O–H groups in total. The smallest absolute Gasteiger partial charge is 0.410 e. The highest BCUT2D eigenvalue weighted by Gasteiger charge is 2.37. The largest absolute Gasteiger partial charge is 0.444 e. The standard InChI is InChI=1S/C20H29N3O6/c1-19(2,3)28-17(24)21-10-11-22(18(25)29-20(4,5)6)16(13-21)14-8-7-9-15(12-14)23(26)27/h7-9,12,16H,10-11,13H2,1-6H3. The van der Waals surface area contributed by atoms with Crippen molar-refractivity contribution in [3.8, 4) is 0 Å². The van der Waals surface area contributed by atoms with Crippen molar-refractivity contribution in [2.24, 2.45) is 0 Å². The van der Waals surface area contributed by atoms with Crippen LogP contribution in [0.4, 0.5) is 15.3 Å². The van der Waals surface area contributed by atoms with E-state index in [2.05, 4.69) is 0 Å². The number of carbonyl (C=O) groups excluding carboxylic acids is 2. The number of piperazine rings is 1. The molecule has 0 aromatic heterocycles. The summed E-state index contributed by atoms with van der Waals surface area (Å²) in [4.78, 5) is 39.0. The van der Waals surface area contributed by atoms with Crippen molar-refractivity contribution in [3.05, 3.63) is 39.9 Å². The minimum Gasteiger partial charge on any atom is -0.444 e. The van der Waals surface area contributed by atoms with E-state index in [4.69, 9.17) is 9.47 Å². The molecule has 9 heteroatoms. The van der Waals surface area contributed by atoms with E-state index in [1.54, 1.807) is 53.7 Å². The molecule has 1 saturated heterocycles. The number of nitrogens with zero attached hydrogens (tertiary/aromatic N) is 3. The minimum atomic E-state index is -0.688. The van der Waals surface area contributed by atoms with Gasteiger partial charge < -0.3 is 14.4 Å². The summed E-state index contributed by atoms with van der Waals surface area (Å²) in [6.07, 6.45) is -1.02. The Balaban J connectivity index is 2.33. The van der Waals surface area contributed by atoms with Gasteiger partial charge >= 0.3 is 12.2 Å². The van der Waals surface area contributed by atoms with Gasteiger partial charge in [-0.3, -0.25) is 15.0 Å². The van der Waals surface area contributed by atoms with E-state index in [-0.39, 0.29) is 25.3 Å². The molecular weight excluding hydrogens is 378 g/mol. The molecule has 2 amide bonds. The fourth-order valence-electron chi connectivity index (χ4n) is 2.95. The Labute approximate surface area is 170 Å². The Morgan fingerprint density at radius 1 is 1.03 bits per heavy atom. The first-order valence-electron chi connectivity index (χ1n) is 9.49. The maximum absolute atomic E-state index is 12.8. The summed E-state index contributed by atoms with van der Waals surface area (Å²) in [6, 6.07) is 5.48. The number of ether oxygens (including phenoxy) is 2. The summed E-state index contributed by atoms with van der Waals surface area (Å²) in [5, 5.41) is 11.2. The van der Waals surface area contributed by atoms with Crippen LogP contribution in [-0.4, -0.2) is 57.7 Å². The summed E-state index contributed by atoms with van der Waals surface area (Å²) >= 11 is 0. The van der Waals surface area contributed by atoms with Gasteiger partial charge in [0.15, 0.2) is 0 Å². The van der Waals surface area contributed by atoms with Gasteiger partial charge in [-0.25, -0.2) is 9.59 Å². The molecule has 1 aromatic rings. The van der Waals surface area contributed by atoms with Gasteiger partial charge in [0.2, 0.25) is 0 Å². The van der Waals surface area contributed by atoms with Crippen molar-refractivity contribution in [1.82, 2.24) is 9.80 Å². The third-order valence-corrected chi connectivity index (χ3v) is 4.13. The number of benzene rings is 1. The van der Waals surface area contributed by atoms with Crippen molar-refractivity contribution >= 4 is 17.9 Å². The molecule has 29 heavy (non-hydrogen) atoms. The highest BCUT2D eigenvalue weighted by Crippen LogP contribution is 2.30. The number of rotatable bonds is 2. The molecule has 9 nitrogen and oxygen atoms in total. The Morgan fingerprint density at radius 2 is 1.62 bits per heavy atom. The number of amides is 2. The maximum Gasteiger partial charge on any atom is 0.410 e. The number of hydrogen-bond acceptors (Lipinski definition) is 6. The van der Waals surface area contributed by atoms with E-state index in [0.29, 0.717) is 5.56 Å². The van der Waals surface area contributed by atoms with E-state index in [1.165, 1.54) is 21.9 Å². The zero-order valence-electron chi connectivity index (χ0n) is 17.8. The van der Waals surface area contributed by atoms with Gasteiger partial charge in [0.1, 0.15) is 11.2 Å². The highest BCUT2D eigenvalue weighted by molar-refractivity contribution is 5.71. The molecule has 160 valence electrons. The predicted molar refractivity (Wildman–Crippen MR) is 107 cm³/mol. The molecule has 1 unspecified atom stereocenters. The van der Waals surface area contributed by atoms with E-state index in [0.717, 1.165) is 0 Å². The fraction of sp³-hybridized carbons (Fsp3) is 0.600. The molecule has 1 aromatic carbocycles. The van der Waals surface area contributed by atoms with Crippen molar-refractivity contribution < 1.29 is 24.0 Å². The number of nitro groups is 1. The summed E-state index contributed by atoms with van der Waals surface area (Å²) in [5.41, 5.74) is -0.869. The third kappa shape index (κ3) is 6.33. The quantitative estimate of drug-likeness (QED) is 0.540. The molecule has 0 spiro atoms. The molecule has 0 saturated carbocycles. The van der Waals surface area contributed by atoms with Crippen LogP contribution in [0.1, 0.15) is 53.1 Å². The van der Waals surface area contributed by atoms with Gasteiger partial charge in [-0.05, 0) is 47.1 Å². The van der Waals surface area contributed by atoms with Crippen molar-refractivity contribution in [2.45, 2.75) is 58.8 Å². The lowest BCUT2D eigenvalue weighted by molar-refractivity contribution is -0.385. The minimum absolute atomic E-state index is 0.0824. The Bertz CT molecular complexity index is 781. The SMILES string of the molecule is CC(C)(C)OC(=O)N1CCN(C(=O)OC(C)(C)C)C(c2cccc([N+](=O)[O-])c2)C1. The number of non-ortho nitro benzene ring substituents is 1. The van der Waals surface area contributed by atoms with Crippen LogP contribution >= 0.6 is 0 Å². The van der Waals surface area contributed by atoms with Gasteiger partial charge in [-0.1, -0.05) is 12.1 Å². The molecule has 1 atom stereocenters.